The number of carbonyl (C=O) groups is 1. The lowest BCUT2D eigenvalue weighted by molar-refractivity contribution is 0.0729. The van der Waals surface area contributed by atoms with Gasteiger partial charge in [0.25, 0.3) is 5.91 Å². The summed E-state index contributed by atoms with van der Waals surface area (Å²) >= 11 is 0. The average Bonchev–Trinajstić information content (AvgIpc) is 3.60. The van der Waals surface area contributed by atoms with Gasteiger partial charge in [-0.05, 0) is 73.9 Å². The van der Waals surface area contributed by atoms with Gasteiger partial charge >= 0.3 is 0 Å². The first-order valence-corrected chi connectivity index (χ1v) is 13.1. The van der Waals surface area contributed by atoms with Crippen molar-refractivity contribution < 1.29 is 4.79 Å². The molecule has 3 aromatic rings. The molecule has 1 heterocycles. The number of unbranched alkanes of at least 4 members (excludes halogenated alkanes) is 1. The minimum atomic E-state index is 0.0982. The minimum Gasteiger partial charge on any atom is -0.331 e. The maximum absolute atomic E-state index is 13.7. The van der Waals surface area contributed by atoms with Gasteiger partial charge in [-0.25, -0.2) is 4.98 Å². The highest BCUT2D eigenvalue weighted by Gasteiger charge is 2.26. The summed E-state index contributed by atoms with van der Waals surface area (Å²) in [7, 11) is 0. The van der Waals surface area contributed by atoms with Crippen LogP contribution in [0.3, 0.4) is 0 Å². The van der Waals surface area contributed by atoms with E-state index in [0.29, 0.717) is 12.5 Å². The van der Waals surface area contributed by atoms with E-state index < -0.39 is 0 Å². The predicted molar refractivity (Wildman–Crippen MR) is 140 cm³/mol. The molecule has 2 aromatic carbocycles. The second kappa shape index (κ2) is 11.7. The van der Waals surface area contributed by atoms with Gasteiger partial charge in [0.2, 0.25) is 0 Å². The van der Waals surface area contributed by atoms with Crippen LogP contribution < -0.4 is 5.32 Å². The Balaban J connectivity index is 1.56. The molecule has 0 saturated heterocycles. The van der Waals surface area contributed by atoms with Gasteiger partial charge in [0.1, 0.15) is 5.82 Å². The van der Waals surface area contributed by atoms with Crippen LogP contribution in [0.2, 0.25) is 0 Å². The van der Waals surface area contributed by atoms with Crippen molar-refractivity contribution in [2.24, 2.45) is 11.8 Å². The van der Waals surface area contributed by atoms with Gasteiger partial charge in [0.05, 0.1) is 17.6 Å². The molecule has 34 heavy (non-hydrogen) atoms. The van der Waals surface area contributed by atoms with Crippen LogP contribution in [0.5, 0.6) is 0 Å². The number of amides is 1. The first kappa shape index (κ1) is 24.5. The molecule has 1 fully saturated rings. The maximum atomic E-state index is 13.7. The Bertz CT molecular complexity index is 1080. The lowest BCUT2D eigenvalue weighted by atomic mass is 10.1. The van der Waals surface area contributed by atoms with Gasteiger partial charge in [-0.2, -0.15) is 0 Å². The lowest BCUT2D eigenvalue weighted by Gasteiger charge is -2.24. The Morgan fingerprint density at radius 1 is 1.18 bits per heavy atom. The predicted octanol–water partition coefficient (Wildman–Crippen LogP) is 6.02. The van der Waals surface area contributed by atoms with E-state index in [4.69, 9.17) is 4.98 Å². The molecule has 5 nitrogen and oxygen atoms in total. The highest BCUT2D eigenvalue weighted by molar-refractivity contribution is 5.94. The van der Waals surface area contributed by atoms with Crippen LogP contribution in [-0.2, 0) is 19.6 Å². The Morgan fingerprint density at radius 2 is 2.00 bits per heavy atom. The summed E-state index contributed by atoms with van der Waals surface area (Å²) in [4.78, 5) is 20.7. The number of hydrogen-bond donors (Lipinski definition) is 1. The molecule has 0 aliphatic heterocycles. The number of rotatable bonds is 13. The van der Waals surface area contributed by atoms with Crippen molar-refractivity contribution in [2.75, 3.05) is 13.1 Å². The van der Waals surface area contributed by atoms with Crippen LogP contribution >= 0.6 is 0 Å². The van der Waals surface area contributed by atoms with E-state index in [2.05, 4.69) is 61.0 Å². The third-order valence-electron chi connectivity index (χ3n) is 6.68. The highest BCUT2D eigenvalue weighted by Crippen LogP contribution is 2.32. The second-order valence-electron chi connectivity index (χ2n) is 10.2. The number of benzene rings is 2. The van der Waals surface area contributed by atoms with E-state index in [-0.39, 0.29) is 5.91 Å². The van der Waals surface area contributed by atoms with Crippen molar-refractivity contribution in [2.45, 2.75) is 72.5 Å². The Kier molecular flexibility index (Phi) is 8.39. The normalized spacial score (nSPS) is 13.6. The van der Waals surface area contributed by atoms with E-state index >= 15 is 0 Å². The van der Waals surface area contributed by atoms with Crippen molar-refractivity contribution in [1.82, 2.24) is 19.8 Å². The number of nitrogens with one attached hydrogen (secondary N) is 1. The Hall–Kier alpha value is -2.66. The number of carbonyl (C=O) groups excluding carboxylic acids is 1. The summed E-state index contributed by atoms with van der Waals surface area (Å²) in [6.07, 6.45) is 5.92. The number of hydrogen-bond acceptors (Lipinski definition) is 3. The van der Waals surface area contributed by atoms with Gasteiger partial charge < -0.3 is 14.8 Å². The molecule has 1 saturated carbocycles. The summed E-state index contributed by atoms with van der Waals surface area (Å²) in [6, 6.07) is 16.5. The molecule has 4 rings (SSSR count). The quantitative estimate of drug-likeness (QED) is 0.317. The molecular formula is C29H40N4O. The van der Waals surface area contributed by atoms with Crippen molar-refractivity contribution in [1.29, 1.82) is 0 Å². The minimum absolute atomic E-state index is 0.0982. The monoisotopic (exact) mass is 460 g/mol. The first-order chi connectivity index (χ1) is 16.5. The zero-order valence-electron chi connectivity index (χ0n) is 21.1. The molecule has 182 valence electrons. The molecular weight excluding hydrogens is 420 g/mol. The number of imidazole rings is 1. The smallest absolute Gasteiger partial charge is 0.254 e. The summed E-state index contributed by atoms with van der Waals surface area (Å²) in [5, 5.41) is 3.49. The van der Waals surface area contributed by atoms with Gasteiger partial charge in [-0.15, -0.1) is 0 Å². The number of nitrogens with zero attached hydrogens (tertiary/aromatic N) is 3. The fourth-order valence-corrected chi connectivity index (χ4v) is 4.38. The SMILES string of the molecule is CCCCNCc1cccc(C(=O)N(CCC(C)C)Cc2nc3ccccc3n2CC2CC2)c1. The molecule has 0 spiro atoms. The fourth-order valence-electron chi connectivity index (χ4n) is 4.38. The average molecular weight is 461 g/mol. The molecule has 0 atom stereocenters. The molecule has 1 amide bonds. The van der Waals surface area contributed by atoms with E-state index in [9.17, 15) is 4.79 Å². The van der Waals surface area contributed by atoms with Crippen LogP contribution in [0.15, 0.2) is 48.5 Å². The topological polar surface area (TPSA) is 50.2 Å². The van der Waals surface area contributed by atoms with Gasteiger partial charge in [-0.3, -0.25) is 4.79 Å². The Labute approximate surface area is 204 Å². The molecule has 0 radical (unpaired) electrons. The fraction of sp³-hybridized carbons (Fsp3) is 0.517. The molecule has 1 aliphatic carbocycles. The van der Waals surface area contributed by atoms with Crippen molar-refractivity contribution >= 4 is 16.9 Å². The molecule has 1 aliphatic rings. The van der Waals surface area contributed by atoms with Gasteiger partial charge in [0.15, 0.2) is 0 Å². The highest BCUT2D eigenvalue weighted by atomic mass is 16.2. The van der Waals surface area contributed by atoms with Crippen LogP contribution in [-0.4, -0.2) is 33.4 Å². The zero-order chi connectivity index (χ0) is 23.9. The standard InChI is InChI=1S/C29H40N4O/c1-4-5-16-30-19-24-9-8-10-25(18-24)29(34)32(17-15-22(2)3)21-28-31-26-11-6-7-12-27(26)33(28)20-23-13-14-23/h6-12,18,22-23,30H,4-5,13-17,19-21H2,1-3H3. The maximum Gasteiger partial charge on any atom is 0.254 e. The van der Waals surface area contributed by atoms with Crippen molar-refractivity contribution in [3.8, 4) is 0 Å². The molecule has 1 N–H and O–H groups in total. The number of aromatic nitrogens is 2. The van der Waals surface area contributed by atoms with E-state index in [1.807, 2.05) is 23.1 Å². The summed E-state index contributed by atoms with van der Waals surface area (Å²) in [6.45, 7) is 10.7. The van der Waals surface area contributed by atoms with E-state index in [1.165, 1.54) is 31.2 Å². The lowest BCUT2D eigenvalue weighted by Crippen LogP contribution is -2.33. The summed E-state index contributed by atoms with van der Waals surface area (Å²) < 4.78 is 2.36. The van der Waals surface area contributed by atoms with E-state index in [0.717, 1.165) is 61.0 Å². The number of fused-ring (bicyclic) bond motifs is 1. The summed E-state index contributed by atoms with van der Waals surface area (Å²) in [5.41, 5.74) is 4.13. The van der Waals surface area contributed by atoms with Crippen LogP contribution in [0, 0.1) is 11.8 Å². The third kappa shape index (κ3) is 6.47. The van der Waals surface area contributed by atoms with Crippen LogP contribution in [0.25, 0.3) is 11.0 Å². The van der Waals surface area contributed by atoms with E-state index in [1.54, 1.807) is 0 Å². The van der Waals surface area contributed by atoms with Crippen LogP contribution in [0.4, 0.5) is 0 Å². The molecule has 1 aromatic heterocycles. The van der Waals surface area contributed by atoms with Crippen molar-refractivity contribution in [3.63, 3.8) is 0 Å². The van der Waals surface area contributed by atoms with Gasteiger partial charge in [-0.1, -0.05) is 51.5 Å². The molecule has 5 heteroatoms. The Morgan fingerprint density at radius 3 is 2.76 bits per heavy atom. The second-order valence-corrected chi connectivity index (χ2v) is 10.2. The third-order valence-corrected chi connectivity index (χ3v) is 6.68. The van der Waals surface area contributed by atoms with Gasteiger partial charge in [0, 0.05) is 25.2 Å². The summed E-state index contributed by atoms with van der Waals surface area (Å²) in [5.74, 6) is 2.38. The van der Waals surface area contributed by atoms with Crippen molar-refractivity contribution in [3.05, 3.63) is 65.5 Å². The zero-order valence-corrected chi connectivity index (χ0v) is 21.1. The first-order valence-electron chi connectivity index (χ1n) is 13.1. The largest absolute Gasteiger partial charge is 0.331 e. The van der Waals surface area contributed by atoms with Crippen LogP contribution in [0.1, 0.15) is 74.6 Å². The molecule has 0 unspecified atom stereocenters. The number of para-hydroxylation sites is 2. The molecule has 0 bridgehead atoms.